The summed E-state index contributed by atoms with van der Waals surface area (Å²) < 4.78 is 79.4. The Balaban J connectivity index is 1.95. The van der Waals surface area contributed by atoms with Crippen molar-refractivity contribution in [3.63, 3.8) is 0 Å². The van der Waals surface area contributed by atoms with Crippen LogP contribution in [-0.2, 0) is 19.6 Å². The summed E-state index contributed by atoms with van der Waals surface area (Å²) in [6.45, 7) is 7.18. The molecule has 0 fully saturated rings. The SMILES string of the molecule is Cc1ccc(S(=O)(=O)Nc2ccc3c(c2)C(=O)N([C@H](C)CO)C[C@@H](C)[C@@H](CN(C)C(=O)CCC(F)(F)F)OCCCC[C@@H](C)O3)cc1. The standard InChI is InChI=1S/C33H46F3N3O7S/c1-22-9-12-27(13-10-22)47(43,44)37-26-11-14-29-28(18-26)32(42)39(24(3)21-40)19-23(2)30(45-17-7-6-8-25(4)46-29)20-38(5)31(41)15-16-33(34,35)36/h9-14,18,23-25,30,37,40H,6-8,15-17,19-21H2,1-5H3/t23-,24-,25-,30-/m1/s1. The number of sulfonamides is 1. The summed E-state index contributed by atoms with van der Waals surface area (Å²) in [5.41, 5.74) is 1.12. The van der Waals surface area contributed by atoms with E-state index in [1.54, 1.807) is 32.0 Å². The molecule has 3 rings (SSSR count). The number of anilines is 1. The van der Waals surface area contributed by atoms with Crippen LogP contribution in [0.3, 0.4) is 0 Å². The molecule has 2 amide bonds. The van der Waals surface area contributed by atoms with Crippen LogP contribution < -0.4 is 9.46 Å². The molecule has 1 aliphatic rings. The topological polar surface area (TPSA) is 125 Å². The van der Waals surface area contributed by atoms with Gasteiger partial charge in [-0.15, -0.1) is 0 Å². The number of hydrogen-bond donors (Lipinski definition) is 2. The fraction of sp³-hybridized carbons (Fsp3) is 0.576. The Kier molecular flexibility index (Phi) is 13.5. The Morgan fingerprint density at radius 1 is 1.15 bits per heavy atom. The lowest BCUT2D eigenvalue weighted by Crippen LogP contribution is -2.48. The first-order valence-electron chi connectivity index (χ1n) is 15.7. The van der Waals surface area contributed by atoms with Crippen LogP contribution in [0.1, 0.15) is 68.8 Å². The molecule has 0 aliphatic carbocycles. The van der Waals surface area contributed by atoms with Gasteiger partial charge in [0.2, 0.25) is 5.91 Å². The molecule has 262 valence electrons. The van der Waals surface area contributed by atoms with Crippen LogP contribution in [0.15, 0.2) is 47.4 Å². The Morgan fingerprint density at radius 2 is 1.83 bits per heavy atom. The van der Waals surface area contributed by atoms with Crippen molar-refractivity contribution in [1.29, 1.82) is 0 Å². The molecule has 1 aliphatic heterocycles. The van der Waals surface area contributed by atoms with E-state index in [0.29, 0.717) is 25.9 Å². The minimum absolute atomic E-state index is 0.00837. The monoisotopic (exact) mass is 685 g/mol. The van der Waals surface area contributed by atoms with Crippen LogP contribution in [0, 0.1) is 12.8 Å². The molecular formula is C33H46F3N3O7S. The van der Waals surface area contributed by atoms with Gasteiger partial charge in [0.25, 0.3) is 15.9 Å². The van der Waals surface area contributed by atoms with Crippen molar-refractivity contribution in [1.82, 2.24) is 9.80 Å². The minimum Gasteiger partial charge on any atom is -0.490 e. The summed E-state index contributed by atoms with van der Waals surface area (Å²) in [6.07, 6.45) is -5.31. The molecule has 2 aromatic rings. The third kappa shape index (κ3) is 11.4. The number of carbonyl (C=O) groups excluding carboxylic acids is 2. The molecule has 0 aromatic heterocycles. The number of aliphatic hydroxyl groups excluding tert-OH is 1. The first-order chi connectivity index (χ1) is 22.0. The van der Waals surface area contributed by atoms with Gasteiger partial charge in [0.05, 0.1) is 41.7 Å². The lowest BCUT2D eigenvalue weighted by atomic mass is 10.0. The number of aryl methyl sites for hydroxylation is 1. The zero-order chi connectivity index (χ0) is 34.9. The van der Waals surface area contributed by atoms with Crippen LogP contribution in [0.4, 0.5) is 18.9 Å². The molecule has 0 saturated carbocycles. The summed E-state index contributed by atoms with van der Waals surface area (Å²) in [6, 6.07) is 10.1. The summed E-state index contributed by atoms with van der Waals surface area (Å²) in [5.74, 6) is -1.36. The molecule has 14 heteroatoms. The molecule has 2 N–H and O–H groups in total. The third-order valence-corrected chi connectivity index (χ3v) is 9.53. The predicted molar refractivity (Wildman–Crippen MR) is 172 cm³/mol. The molecule has 1 heterocycles. The molecule has 4 atom stereocenters. The third-order valence-electron chi connectivity index (χ3n) is 8.14. The summed E-state index contributed by atoms with van der Waals surface area (Å²) in [4.78, 5) is 29.5. The smallest absolute Gasteiger partial charge is 0.389 e. The molecule has 10 nitrogen and oxygen atoms in total. The molecule has 0 bridgehead atoms. The van der Waals surface area contributed by atoms with Crippen molar-refractivity contribution in [2.24, 2.45) is 5.92 Å². The molecular weight excluding hydrogens is 639 g/mol. The maximum atomic E-state index is 14.2. The number of halogens is 3. The predicted octanol–water partition coefficient (Wildman–Crippen LogP) is 5.39. The molecule has 0 saturated heterocycles. The van der Waals surface area contributed by atoms with Crippen molar-refractivity contribution in [3.8, 4) is 5.75 Å². The van der Waals surface area contributed by atoms with Gasteiger partial charge in [-0.05, 0) is 70.4 Å². The van der Waals surface area contributed by atoms with Gasteiger partial charge in [-0.2, -0.15) is 13.2 Å². The van der Waals surface area contributed by atoms with Gasteiger partial charge < -0.3 is 24.4 Å². The van der Waals surface area contributed by atoms with Crippen molar-refractivity contribution in [2.75, 3.05) is 38.1 Å². The Morgan fingerprint density at radius 3 is 2.47 bits per heavy atom. The number of rotatable bonds is 9. The largest absolute Gasteiger partial charge is 0.490 e. The summed E-state index contributed by atoms with van der Waals surface area (Å²) in [7, 11) is -2.56. The average molecular weight is 686 g/mol. The van der Waals surface area contributed by atoms with E-state index >= 15 is 0 Å². The highest BCUT2D eigenvalue weighted by atomic mass is 32.2. The van der Waals surface area contributed by atoms with E-state index in [9.17, 15) is 36.3 Å². The van der Waals surface area contributed by atoms with Gasteiger partial charge in [-0.1, -0.05) is 24.6 Å². The number of nitrogens with zero attached hydrogens (tertiary/aromatic N) is 2. The lowest BCUT2D eigenvalue weighted by Gasteiger charge is -2.36. The number of amides is 2. The van der Waals surface area contributed by atoms with Crippen molar-refractivity contribution < 1.29 is 45.8 Å². The lowest BCUT2D eigenvalue weighted by molar-refractivity contribution is -0.149. The molecule has 47 heavy (non-hydrogen) atoms. The second kappa shape index (κ2) is 16.6. The van der Waals surface area contributed by atoms with Crippen LogP contribution in [0.2, 0.25) is 0 Å². The van der Waals surface area contributed by atoms with E-state index in [0.717, 1.165) is 5.56 Å². The first-order valence-corrected chi connectivity index (χ1v) is 17.2. The maximum Gasteiger partial charge on any atom is 0.389 e. The van der Waals surface area contributed by atoms with E-state index in [1.165, 1.54) is 41.1 Å². The number of benzene rings is 2. The Bertz CT molecular complexity index is 1450. The van der Waals surface area contributed by atoms with Crippen molar-refractivity contribution in [2.45, 2.75) is 89.1 Å². The Hall–Kier alpha value is -3.36. The quantitative estimate of drug-likeness (QED) is 0.363. The molecule has 2 aromatic carbocycles. The van der Waals surface area contributed by atoms with E-state index in [2.05, 4.69) is 4.72 Å². The van der Waals surface area contributed by atoms with E-state index < -0.39 is 58.9 Å². The van der Waals surface area contributed by atoms with E-state index in [1.807, 2.05) is 13.8 Å². The number of alkyl halides is 3. The van der Waals surface area contributed by atoms with E-state index in [-0.39, 0.29) is 47.7 Å². The van der Waals surface area contributed by atoms with E-state index in [4.69, 9.17) is 9.47 Å². The number of ether oxygens (including phenoxy) is 2. The first kappa shape index (κ1) is 38.1. The zero-order valence-electron chi connectivity index (χ0n) is 27.5. The van der Waals surface area contributed by atoms with Crippen molar-refractivity contribution >= 4 is 27.5 Å². The summed E-state index contributed by atoms with van der Waals surface area (Å²) >= 11 is 0. The molecule has 0 radical (unpaired) electrons. The highest BCUT2D eigenvalue weighted by molar-refractivity contribution is 7.92. The summed E-state index contributed by atoms with van der Waals surface area (Å²) in [5, 5.41) is 10.1. The van der Waals surface area contributed by atoms with Gasteiger partial charge in [0, 0.05) is 44.8 Å². The van der Waals surface area contributed by atoms with Crippen LogP contribution in [0.25, 0.3) is 0 Å². The number of hydrogen-bond acceptors (Lipinski definition) is 7. The maximum absolute atomic E-state index is 14.2. The highest BCUT2D eigenvalue weighted by Gasteiger charge is 2.32. The average Bonchev–Trinajstić information content (AvgIpc) is 3.00. The number of aliphatic hydroxyl groups is 1. The fourth-order valence-electron chi connectivity index (χ4n) is 5.19. The zero-order valence-corrected chi connectivity index (χ0v) is 28.4. The molecule has 0 unspecified atom stereocenters. The minimum atomic E-state index is -4.46. The highest BCUT2D eigenvalue weighted by Crippen LogP contribution is 2.30. The van der Waals surface area contributed by atoms with Crippen LogP contribution in [0.5, 0.6) is 5.75 Å². The number of fused-ring (bicyclic) bond motifs is 1. The fourth-order valence-corrected chi connectivity index (χ4v) is 6.24. The van der Waals surface area contributed by atoms with Crippen molar-refractivity contribution in [3.05, 3.63) is 53.6 Å². The van der Waals surface area contributed by atoms with Gasteiger partial charge in [0.1, 0.15) is 5.75 Å². The van der Waals surface area contributed by atoms with Gasteiger partial charge in [0.15, 0.2) is 0 Å². The number of likely N-dealkylation sites (N-methyl/N-ethyl adjacent to an activating group) is 1. The van der Waals surface area contributed by atoms with Crippen LogP contribution >= 0.6 is 0 Å². The number of nitrogens with one attached hydrogen (secondary N) is 1. The number of carbonyl (C=O) groups is 2. The van der Waals surface area contributed by atoms with Gasteiger partial charge >= 0.3 is 6.18 Å². The van der Waals surface area contributed by atoms with Crippen LogP contribution in [-0.4, -0.2) is 92.9 Å². The second-order valence-electron chi connectivity index (χ2n) is 12.3. The van der Waals surface area contributed by atoms with Gasteiger partial charge in [-0.25, -0.2) is 8.42 Å². The van der Waals surface area contributed by atoms with Gasteiger partial charge in [-0.3, -0.25) is 14.3 Å². The normalized spacial score (nSPS) is 20.8. The second-order valence-corrected chi connectivity index (χ2v) is 14.0. The molecule has 0 spiro atoms. The Labute approximate surface area is 275 Å².